The number of hydrogen-bond donors (Lipinski definition) is 1. The highest BCUT2D eigenvalue weighted by atomic mass is 32.2. The third-order valence-electron chi connectivity index (χ3n) is 5.56. The molecular weight excluding hydrogens is 252 g/mol. The summed E-state index contributed by atoms with van der Waals surface area (Å²) in [6.45, 7) is 7.16. The highest BCUT2D eigenvalue weighted by Gasteiger charge is 2.41. The maximum absolute atomic E-state index is 5.06. The standard InChI is InChI=1S/C16H28N2S/c1-12-6-9-16(10-7-12)11-19-14(18-16)17-13-5-4-8-15(13,2)3/h12-13H,4-11H2,1-3H3,(H,17,18). The molecule has 2 nitrogen and oxygen atoms in total. The van der Waals surface area contributed by atoms with Crippen molar-refractivity contribution >= 4 is 16.9 Å². The highest BCUT2D eigenvalue weighted by molar-refractivity contribution is 8.14. The summed E-state index contributed by atoms with van der Waals surface area (Å²) in [5.74, 6) is 2.17. The Morgan fingerprint density at radius 3 is 2.53 bits per heavy atom. The summed E-state index contributed by atoms with van der Waals surface area (Å²) in [5.41, 5.74) is 0.796. The van der Waals surface area contributed by atoms with Crippen LogP contribution in [0, 0.1) is 11.3 Å². The number of rotatable bonds is 1. The molecule has 3 rings (SSSR count). The van der Waals surface area contributed by atoms with Crippen molar-refractivity contribution in [1.82, 2.24) is 5.32 Å². The molecule has 1 unspecified atom stereocenters. The molecule has 1 atom stereocenters. The van der Waals surface area contributed by atoms with Crippen molar-refractivity contribution in [3.05, 3.63) is 0 Å². The number of nitrogens with zero attached hydrogens (tertiary/aromatic N) is 1. The van der Waals surface area contributed by atoms with Gasteiger partial charge in [-0.15, -0.1) is 0 Å². The second kappa shape index (κ2) is 4.98. The summed E-state index contributed by atoms with van der Waals surface area (Å²) < 4.78 is 0. The van der Waals surface area contributed by atoms with Gasteiger partial charge in [-0.05, 0) is 49.9 Å². The van der Waals surface area contributed by atoms with Gasteiger partial charge < -0.3 is 5.32 Å². The van der Waals surface area contributed by atoms with Crippen molar-refractivity contribution in [1.29, 1.82) is 0 Å². The third kappa shape index (κ3) is 2.81. The van der Waals surface area contributed by atoms with Crippen molar-refractivity contribution in [3.63, 3.8) is 0 Å². The van der Waals surface area contributed by atoms with Gasteiger partial charge in [0.15, 0.2) is 5.17 Å². The Bertz CT molecular complexity index is 367. The van der Waals surface area contributed by atoms with Crippen LogP contribution in [0.4, 0.5) is 0 Å². The fourth-order valence-electron chi connectivity index (χ4n) is 3.85. The van der Waals surface area contributed by atoms with Gasteiger partial charge in [0, 0.05) is 11.3 Å². The van der Waals surface area contributed by atoms with Crippen LogP contribution in [0.25, 0.3) is 0 Å². The molecule has 3 fully saturated rings. The predicted octanol–water partition coefficient (Wildman–Crippen LogP) is 4.21. The zero-order chi connectivity index (χ0) is 13.5. The van der Waals surface area contributed by atoms with Crippen LogP contribution in [0.1, 0.15) is 65.7 Å². The van der Waals surface area contributed by atoms with E-state index in [1.807, 2.05) is 11.8 Å². The van der Waals surface area contributed by atoms with Crippen LogP contribution in [-0.2, 0) is 0 Å². The van der Waals surface area contributed by atoms with E-state index in [9.17, 15) is 0 Å². The molecule has 0 aromatic heterocycles. The average molecular weight is 280 g/mol. The second-order valence-electron chi connectivity index (χ2n) is 7.71. The van der Waals surface area contributed by atoms with Crippen LogP contribution >= 0.6 is 11.8 Å². The predicted molar refractivity (Wildman–Crippen MR) is 84.8 cm³/mol. The molecule has 3 aliphatic rings. The van der Waals surface area contributed by atoms with Crippen molar-refractivity contribution in [2.24, 2.45) is 16.3 Å². The molecule has 1 spiro atoms. The molecule has 0 aromatic carbocycles. The molecule has 2 aliphatic carbocycles. The first-order valence-corrected chi connectivity index (χ1v) is 8.97. The smallest absolute Gasteiger partial charge is 0.157 e. The fraction of sp³-hybridized carbons (Fsp3) is 0.938. The average Bonchev–Trinajstić information content (AvgIpc) is 2.90. The van der Waals surface area contributed by atoms with Crippen molar-refractivity contribution < 1.29 is 0 Å². The maximum atomic E-state index is 5.06. The van der Waals surface area contributed by atoms with E-state index in [4.69, 9.17) is 4.99 Å². The quantitative estimate of drug-likeness (QED) is 0.778. The summed E-state index contributed by atoms with van der Waals surface area (Å²) >= 11 is 1.98. The summed E-state index contributed by atoms with van der Waals surface area (Å²) in [4.78, 5) is 5.06. The van der Waals surface area contributed by atoms with Gasteiger partial charge in [-0.2, -0.15) is 0 Å². The monoisotopic (exact) mass is 280 g/mol. The van der Waals surface area contributed by atoms with Crippen LogP contribution in [0.5, 0.6) is 0 Å². The second-order valence-corrected chi connectivity index (χ2v) is 8.67. The maximum Gasteiger partial charge on any atom is 0.157 e. The first-order chi connectivity index (χ1) is 8.99. The Morgan fingerprint density at radius 1 is 1.16 bits per heavy atom. The van der Waals surface area contributed by atoms with E-state index in [0.717, 1.165) is 5.92 Å². The van der Waals surface area contributed by atoms with Gasteiger partial charge in [-0.25, -0.2) is 0 Å². The molecule has 1 N–H and O–H groups in total. The zero-order valence-electron chi connectivity index (χ0n) is 12.7. The van der Waals surface area contributed by atoms with Gasteiger partial charge in [0.05, 0.1) is 6.04 Å². The summed E-state index contributed by atoms with van der Waals surface area (Å²) in [7, 11) is 0. The van der Waals surface area contributed by atoms with Gasteiger partial charge in [0.1, 0.15) is 0 Å². The van der Waals surface area contributed by atoms with Gasteiger partial charge in [-0.1, -0.05) is 39.0 Å². The molecule has 2 saturated carbocycles. The molecule has 0 aromatic rings. The Labute approximate surface area is 122 Å². The van der Waals surface area contributed by atoms with E-state index in [-0.39, 0.29) is 0 Å². The Balaban J connectivity index is 1.65. The Morgan fingerprint density at radius 2 is 1.89 bits per heavy atom. The van der Waals surface area contributed by atoms with Crippen molar-refractivity contribution in [3.8, 4) is 0 Å². The first-order valence-electron chi connectivity index (χ1n) is 7.98. The zero-order valence-corrected chi connectivity index (χ0v) is 13.5. The van der Waals surface area contributed by atoms with Crippen LogP contribution in [0.3, 0.4) is 0 Å². The topological polar surface area (TPSA) is 24.4 Å². The molecule has 1 saturated heterocycles. The lowest BCUT2D eigenvalue weighted by Crippen LogP contribution is -2.46. The van der Waals surface area contributed by atoms with Crippen LogP contribution in [-0.4, -0.2) is 22.5 Å². The SMILES string of the molecule is CC1CCC2(CC1)CSC(=NC1CCCC1(C)C)N2. The third-order valence-corrected chi connectivity index (χ3v) is 6.74. The van der Waals surface area contributed by atoms with E-state index >= 15 is 0 Å². The largest absolute Gasteiger partial charge is 0.359 e. The molecule has 0 radical (unpaired) electrons. The van der Waals surface area contributed by atoms with Gasteiger partial charge >= 0.3 is 0 Å². The molecule has 19 heavy (non-hydrogen) atoms. The highest BCUT2D eigenvalue weighted by Crippen LogP contribution is 2.42. The molecule has 0 bridgehead atoms. The number of aliphatic imine (C=N–C) groups is 1. The molecular formula is C16H28N2S. The lowest BCUT2D eigenvalue weighted by Gasteiger charge is -2.35. The van der Waals surface area contributed by atoms with Gasteiger partial charge in [-0.3, -0.25) is 4.99 Å². The molecule has 3 heteroatoms. The molecule has 0 amide bonds. The Hall–Kier alpha value is -0.180. The van der Waals surface area contributed by atoms with Gasteiger partial charge in [0.2, 0.25) is 0 Å². The lowest BCUT2D eigenvalue weighted by molar-refractivity contribution is 0.250. The minimum Gasteiger partial charge on any atom is -0.359 e. The molecule has 1 heterocycles. The van der Waals surface area contributed by atoms with E-state index < -0.39 is 0 Å². The minimum absolute atomic E-state index is 0.388. The van der Waals surface area contributed by atoms with E-state index in [0.29, 0.717) is 17.0 Å². The number of thioether (sulfide) groups is 1. The van der Waals surface area contributed by atoms with Crippen LogP contribution in [0.2, 0.25) is 0 Å². The minimum atomic E-state index is 0.388. The lowest BCUT2D eigenvalue weighted by atomic mass is 9.78. The summed E-state index contributed by atoms with van der Waals surface area (Å²) in [6, 6.07) is 0.542. The molecule has 108 valence electrons. The normalized spacial score (nSPS) is 43.8. The summed E-state index contributed by atoms with van der Waals surface area (Å²) in [5, 5.41) is 5.05. The van der Waals surface area contributed by atoms with Crippen molar-refractivity contribution in [2.45, 2.75) is 77.3 Å². The number of amidine groups is 1. The Kier molecular flexibility index (Phi) is 3.61. The van der Waals surface area contributed by atoms with Crippen LogP contribution in [0.15, 0.2) is 4.99 Å². The van der Waals surface area contributed by atoms with Crippen LogP contribution < -0.4 is 5.32 Å². The summed E-state index contributed by atoms with van der Waals surface area (Å²) in [6.07, 6.45) is 9.42. The van der Waals surface area contributed by atoms with Crippen molar-refractivity contribution in [2.75, 3.05) is 5.75 Å². The fourth-order valence-corrected chi connectivity index (χ4v) is 5.11. The van der Waals surface area contributed by atoms with E-state index in [2.05, 4.69) is 26.1 Å². The van der Waals surface area contributed by atoms with E-state index in [1.165, 1.54) is 55.9 Å². The number of nitrogens with one attached hydrogen (secondary N) is 1. The number of hydrogen-bond acceptors (Lipinski definition) is 2. The first kappa shape index (κ1) is 13.8. The molecule has 1 aliphatic heterocycles. The van der Waals surface area contributed by atoms with Gasteiger partial charge in [0.25, 0.3) is 0 Å². The van der Waals surface area contributed by atoms with E-state index in [1.54, 1.807) is 0 Å².